The molecule has 0 saturated heterocycles. The van der Waals surface area contributed by atoms with Gasteiger partial charge in [-0.25, -0.2) is 4.79 Å². The zero-order chi connectivity index (χ0) is 20.3. The first kappa shape index (κ1) is 19.0. The van der Waals surface area contributed by atoms with Crippen LogP contribution in [-0.4, -0.2) is 47.9 Å². The van der Waals surface area contributed by atoms with E-state index in [1.165, 1.54) is 19.2 Å². The lowest BCUT2D eigenvalue weighted by atomic mass is 10.1. The molecule has 2 amide bonds. The second-order valence-corrected chi connectivity index (χ2v) is 5.94. The molecule has 0 atom stereocenters. The van der Waals surface area contributed by atoms with Gasteiger partial charge in [-0.1, -0.05) is 12.1 Å². The van der Waals surface area contributed by atoms with E-state index in [2.05, 4.69) is 4.74 Å². The van der Waals surface area contributed by atoms with Crippen molar-refractivity contribution < 1.29 is 28.8 Å². The molecule has 28 heavy (non-hydrogen) atoms. The standard InChI is InChI=1S/C19H16N2O7/c1-27-19(24)12-7-8-16(15(11-12)21(25)26)28-10-4-9-20-17(22)13-5-2-3-6-14(13)18(20)23/h2-3,5-8,11H,4,9-10H2,1H3. The van der Waals surface area contributed by atoms with E-state index in [1.54, 1.807) is 24.3 Å². The molecule has 1 heterocycles. The summed E-state index contributed by atoms with van der Waals surface area (Å²) < 4.78 is 9.97. The second kappa shape index (κ2) is 7.87. The molecule has 2 aromatic carbocycles. The van der Waals surface area contributed by atoms with Crippen molar-refractivity contribution in [2.45, 2.75) is 6.42 Å². The Labute approximate surface area is 159 Å². The van der Waals surface area contributed by atoms with Crippen LogP contribution in [0.3, 0.4) is 0 Å². The molecule has 0 spiro atoms. The lowest BCUT2D eigenvalue weighted by Gasteiger charge is -2.14. The molecule has 0 aromatic heterocycles. The van der Waals surface area contributed by atoms with Crippen LogP contribution in [0.2, 0.25) is 0 Å². The fourth-order valence-corrected chi connectivity index (χ4v) is 2.87. The van der Waals surface area contributed by atoms with Gasteiger partial charge in [-0.05, 0) is 30.7 Å². The average molecular weight is 384 g/mol. The van der Waals surface area contributed by atoms with E-state index in [1.807, 2.05) is 0 Å². The summed E-state index contributed by atoms with van der Waals surface area (Å²) in [6, 6.07) is 10.3. The van der Waals surface area contributed by atoms with Gasteiger partial charge in [0.05, 0.1) is 35.3 Å². The maximum Gasteiger partial charge on any atom is 0.338 e. The lowest BCUT2D eigenvalue weighted by Crippen LogP contribution is -2.31. The zero-order valence-corrected chi connectivity index (χ0v) is 14.9. The molecule has 0 saturated carbocycles. The maximum atomic E-state index is 12.3. The molecule has 0 unspecified atom stereocenters. The molecule has 3 rings (SSSR count). The van der Waals surface area contributed by atoms with Crippen molar-refractivity contribution in [2.24, 2.45) is 0 Å². The van der Waals surface area contributed by atoms with Gasteiger partial charge >= 0.3 is 11.7 Å². The van der Waals surface area contributed by atoms with Gasteiger partial charge < -0.3 is 9.47 Å². The maximum absolute atomic E-state index is 12.3. The number of rotatable bonds is 7. The molecule has 0 N–H and O–H groups in total. The third-order valence-electron chi connectivity index (χ3n) is 4.24. The van der Waals surface area contributed by atoms with Crippen molar-refractivity contribution in [3.8, 4) is 5.75 Å². The minimum absolute atomic E-state index is 0.0139. The van der Waals surface area contributed by atoms with Crippen LogP contribution >= 0.6 is 0 Å². The summed E-state index contributed by atoms with van der Waals surface area (Å²) in [4.78, 5) is 47.7. The first-order valence-electron chi connectivity index (χ1n) is 8.39. The third-order valence-corrected chi connectivity index (χ3v) is 4.24. The van der Waals surface area contributed by atoms with E-state index >= 15 is 0 Å². The number of ether oxygens (including phenoxy) is 2. The number of methoxy groups -OCH3 is 1. The monoisotopic (exact) mass is 384 g/mol. The van der Waals surface area contributed by atoms with E-state index in [4.69, 9.17) is 4.74 Å². The van der Waals surface area contributed by atoms with Gasteiger partial charge in [-0.2, -0.15) is 0 Å². The highest BCUT2D eigenvalue weighted by molar-refractivity contribution is 6.21. The Kier molecular flexibility index (Phi) is 5.35. The Morgan fingerprint density at radius 1 is 1.11 bits per heavy atom. The fourth-order valence-electron chi connectivity index (χ4n) is 2.87. The highest BCUT2D eigenvalue weighted by Gasteiger charge is 2.34. The van der Waals surface area contributed by atoms with Crippen LogP contribution in [0.1, 0.15) is 37.5 Å². The van der Waals surface area contributed by atoms with Gasteiger partial charge in [0, 0.05) is 12.6 Å². The Balaban J connectivity index is 1.62. The number of amides is 2. The van der Waals surface area contributed by atoms with E-state index < -0.39 is 10.9 Å². The fraction of sp³-hybridized carbons (Fsp3) is 0.211. The highest BCUT2D eigenvalue weighted by atomic mass is 16.6. The van der Waals surface area contributed by atoms with Gasteiger partial charge in [-0.15, -0.1) is 0 Å². The topological polar surface area (TPSA) is 116 Å². The first-order chi connectivity index (χ1) is 13.4. The minimum atomic E-state index is -0.694. The largest absolute Gasteiger partial charge is 0.487 e. The number of hydrogen-bond acceptors (Lipinski definition) is 7. The summed E-state index contributed by atoms with van der Waals surface area (Å²) in [5.74, 6) is -1.44. The van der Waals surface area contributed by atoms with Gasteiger partial charge in [0.25, 0.3) is 11.8 Å². The predicted molar refractivity (Wildman–Crippen MR) is 96.4 cm³/mol. The predicted octanol–water partition coefficient (Wildman–Crippen LogP) is 2.45. The number of fused-ring (bicyclic) bond motifs is 1. The third kappa shape index (κ3) is 3.54. The molecule has 0 aliphatic carbocycles. The number of benzene rings is 2. The number of carbonyl (C=O) groups is 3. The van der Waals surface area contributed by atoms with Crippen LogP contribution < -0.4 is 4.74 Å². The molecule has 0 bridgehead atoms. The Bertz CT molecular complexity index is 936. The number of nitro benzene ring substituents is 1. The second-order valence-electron chi connectivity index (χ2n) is 5.94. The van der Waals surface area contributed by atoms with Crippen LogP contribution in [0, 0.1) is 10.1 Å². The molecule has 9 heteroatoms. The zero-order valence-electron chi connectivity index (χ0n) is 14.9. The SMILES string of the molecule is COC(=O)c1ccc(OCCCN2C(=O)c3ccccc3C2=O)c([N+](=O)[O-])c1. The van der Waals surface area contributed by atoms with Crippen LogP contribution in [-0.2, 0) is 4.74 Å². The number of nitro groups is 1. The van der Waals surface area contributed by atoms with E-state index in [0.717, 1.165) is 11.0 Å². The number of imide groups is 1. The van der Waals surface area contributed by atoms with Crippen molar-refractivity contribution in [1.82, 2.24) is 4.90 Å². The molecule has 2 aromatic rings. The Hall–Kier alpha value is -3.75. The molecule has 0 fully saturated rings. The summed E-state index contributed by atoms with van der Waals surface area (Å²) in [6.07, 6.45) is 0.293. The Morgan fingerprint density at radius 2 is 1.75 bits per heavy atom. The average Bonchev–Trinajstić information content (AvgIpc) is 2.95. The smallest absolute Gasteiger partial charge is 0.338 e. The summed E-state index contributed by atoms with van der Waals surface area (Å²) in [5, 5.41) is 11.2. The van der Waals surface area contributed by atoms with Crippen LogP contribution in [0.4, 0.5) is 5.69 Å². The lowest BCUT2D eigenvalue weighted by molar-refractivity contribution is -0.385. The minimum Gasteiger partial charge on any atom is -0.487 e. The quantitative estimate of drug-likeness (QED) is 0.237. The highest BCUT2D eigenvalue weighted by Crippen LogP contribution is 2.28. The molecule has 1 aliphatic rings. The molecule has 144 valence electrons. The molecule has 9 nitrogen and oxygen atoms in total. The summed E-state index contributed by atoms with van der Waals surface area (Å²) in [5.41, 5.74) is 0.390. The normalized spacial score (nSPS) is 12.7. The van der Waals surface area contributed by atoms with E-state index in [9.17, 15) is 24.5 Å². The van der Waals surface area contributed by atoms with Crippen molar-refractivity contribution >= 4 is 23.5 Å². The van der Waals surface area contributed by atoms with E-state index in [0.29, 0.717) is 17.5 Å². The van der Waals surface area contributed by atoms with Gasteiger partial charge in [-0.3, -0.25) is 24.6 Å². The Morgan fingerprint density at radius 3 is 2.32 bits per heavy atom. The number of carbonyl (C=O) groups excluding carboxylic acids is 3. The van der Waals surface area contributed by atoms with Crippen molar-refractivity contribution in [3.63, 3.8) is 0 Å². The van der Waals surface area contributed by atoms with Gasteiger partial charge in [0.15, 0.2) is 5.75 Å². The summed E-state index contributed by atoms with van der Waals surface area (Å²) >= 11 is 0. The van der Waals surface area contributed by atoms with E-state index in [-0.39, 0.29) is 42.0 Å². The van der Waals surface area contributed by atoms with Crippen molar-refractivity contribution in [2.75, 3.05) is 20.3 Å². The molecular weight excluding hydrogens is 368 g/mol. The summed E-state index contributed by atoms with van der Waals surface area (Å²) in [6.45, 7) is 0.173. The molecular formula is C19H16N2O7. The first-order valence-corrected chi connectivity index (χ1v) is 8.39. The van der Waals surface area contributed by atoms with Gasteiger partial charge in [0.2, 0.25) is 0 Å². The van der Waals surface area contributed by atoms with Crippen molar-refractivity contribution in [1.29, 1.82) is 0 Å². The van der Waals surface area contributed by atoms with Crippen LogP contribution in [0.25, 0.3) is 0 Å². The number of nitrogens with zero attached hydrogens (tertiary/aromatic N) is 2. The van der Waals surface area contributed by atoms with Gasteiger partial charge in [0.1, 0.15) is 0 Å². The summed E-state index contributed by atoms with van der Waals surface area (Å²) in [7, 11) is 1.18. The van der Waals surface area contributed by atoms with Crippen LogP contribution in [0.5, 0.6) is 5.75 Å². The number of hydrogen-bond donors (Lipinski definition) is 0. The van der Waals surface area contributed by atoms with Crippen molar-refractivity contribution in [3.05, 3.63) is 69.3 Å². The number of esters is 1. The molecule has 1 aliphatic heterocycles. The van der Waals surface area contributed by atoms with Crippen LogP contribution in [0.15, 0.2) is 42.5 Å². The molecule has 0 radical (unpaired) electrons.